The van der Waals surface area contributed by atoms with Crippen LogP contribution in [0.2, 0.25) is 0 Å². The average molecular weight is 105 g/mol. The van der Waals surface area contributed by atoms with E-state index in [0.29, 0.717) is 0 Å². The van der Waals surface area contributed by atoms with E-state index < -0.39 is 12.0 Å². The van der Waals surface area contributed by atoms with E-state index in [1.165, 1.54) is 0 Å². The molecular formula is C3H5O4. The fourth-order valence-electron chi connectivity index (χ4n) is 0.0577. The lowest BCUT2D eigenvalue weighted by molar-refractivity contribution is 0.0686. The monoisotopic (exact) mass is 105 g/mol. The quantitative estimate of drug-likeness (QED) is 0.358. The van der Waals surface area contributed by atoms with E-state index >= 15 is 0 Å². The predicted molar refractivity (Wildman–Crippen MR) is 20.5 cm³/mol. The molecule has 4 nitrogen and oxygen atoms in total. The van der Waals surface area contributed by atoms with Crippen molar-refractivity contribution in [3.8, 4) is 0 Å². The molecule has 0 aliphatic heterocycles. The van der Waals surface area contributed by atoms with Crippen LogP contribution < -0.4 is 0 Å². The standard InChI is InChI=1S/C3H5O4/c4-1-2(5)3(6)7/h1,4-7H/b2-1-. The first-order valence-corrected chi connectivity index (χ1v) is 1.47. The molecule has 0 saturated carbocycles. The summed E-state index contributed by atoms with van der Waals surface area (Å²) in [5, 5.41) is 31.4. The summed E-state index contributed by atoms with van der Waals surface area (Å²) in [6.07, 6.45) is -1.11. The highest BCUT2D eigenvalue weighted by Crippen LogP contribution is 1.97. The van der Waals surface area contributed by atoms with Crippen molar-refractivity contribution in [2.24, 2.45) is 0 Å². The lowest BCUT2D eigenvalue weighted by atomic mass is 10.5. The number of aliphatic hydroxyl groups is 4. The molecule has 4 heteroatoms. The molecule has 0 saturated heterocycles. The third kappa shape index (κ3) is 2.02. The van der Waals surface area contributed by atoms with Gasteiger partial charge in [-0.1, -0.05) is 0 Å². The van der Waals surface area contributed by atoms with Crippen LogP contribution in [0.25, 0.3) is 0 Å². The molecule has 0 rings (SSSR count). The highest BCUT2D eigenvalue weighted by molar-refractivity contribution is 4.97. The minimum atomic E-state index is -1.29. The summed E-state index contributed by atoms with van der Waals surface area (Å²) in [6, 6.07) is 0. The van der Waals surface area contributed by atoms with E-state index in [9.17, 15) is 0 Å². The maximum Gasteiger partial charge on any atom is 0.289 e. The molecule has 0 spiro atoms. The molecule has 41 valence electrons. The van der Waals surface area contributed by atoms with Crippen molar-refractivity contribution in [2.75, 3.05) is 0 Å². The van der Waals surface area contributed by atoms with Crippen LogP contribution in [0, 0.1) is 6.29 Å². The van der Waals surface area contributed by atoms with Crippen molar-refractivity contribution in [3.05, 3.63) is 18.3 Å². The third-order valence-electron chi connectivity index (χ3n) is 0.351. The van der Waals surface area contributed by atoms with E-state index in [2.05, 4.69) is 0 Å². The topological polar surface area (TPSA) is 80.9 Å². The van der Waals surface area contributed by atoms with Crippen LogP contribution in [0.15, 0.2) is 12.0 Å². The smallest absolute Gasteiger partial charge is 0.289 e. The molecule has 1 radical (unpaired) electrons. The largest absolute Gasteiger partial charge is 0.512 e. The van der Waals surface area contributed by atoms with Gasteiger partial charge in [-0.3, -0.25) is 0 Å². The first kappa shape index (κ1) is 6.26. The van der Waals surface area contributed by atoms with Crippen molar-refractivity contribution in [1.29, 1.82) is 0 Å². The Morgan fingerprint density at radius 2 is 1.57 bits per heavy atom. The molecule has 0 unspecified atom stereocenters. The van der Waals surface area contributed by atoms with E-state index in [0.717, 1.165) is 0 Å². The SMILES string of the molecule is O/C=C(\O)[C](O)O. The van der Waals surface area contributed by atoms with Gasteiger partial charge < -0.3 is 20.4 Å². The van der Waals surface area contributed by atoms with Crippen LogP contribution in [0.4, 0.5) is 0 Å². The van der Waals surface area contributed by atoms with Crippen LogP contribution in [0.1, 0.15) is 0 Å². The van der Waals surface area contributed by atoms with Crippen molar-refractivity contribution in [1.82, 2.24) is 0 Å². The Hall–Kier alpha value is -0.740. The molecule has 0 aromatic carbocycles. The van der Waals surface area contributed by atoms with Gasteiger partial charge in [0.1, 0.15) is 6.26 Å². The van der Waals surface area contributed by atoms with Gasteiger partial charge >= 0.3 is 0 Å². The summed E-state index contributed by atoms with van der Waals surface area (Å²) in [5.41, 5.74) is 0. The first-order chi connectivity index (χ1) is 3.18. The summed E-state index contributed by atoms with van der Waals surface area (Å²) in [5.74, 6) is -0.944. The van der Waals surface area contributed by atoms with Crippen LogP contribution in [0.3, 0.4) is 0 Å². The molecule has 0 aliphatic rings. The third-order valence-corrected chi connectivity index (χ3v) is 0.351. The number of hydrogen-bond acceptors (Lipinski definition) is 4. The van der Waals surface area contributed by atoms with E-state index in [1.807, 2.05) is 0 Å². The molecule has 0 aromatic heterocycles. The minimum absolute atomic E-state index is 0.176. The van der Waals surface area contributed by atoms with Gasteiger partial charge in [0, 0.05) is 0 Å². The second-order valence-corrected chi connectivity index (χ2v) is 0.838. The van der Waals surface area contributed by atoms with Crippen LogP contribution in [0.5, 0.6) is 0 Å². The zero-order valence-electron chi connectivity index (χ0n) is 3.37. The molecular weight excluding hydrogens is 100 g/mol. The summed E-state index contributed by atoms with van der Waals surface area (Å²) >= 11 is 0. The summed E-state index contributed by atoms with van der Waals surface area (Å²) in [7, 11) is 0. The molecule has 0 bridgehead atoms. The predicted octanol–water partition coefficient (Wildman–Crippen LogP) is 0.178. The Balaban J connectivity index is 3.56. The molecule has 0 aliphatic carbocycles. The maximum atomic E-state index is 8.01. The van der Waals surface area contributed by atoms with Gasteiger partial charge in [-0.2, -0.15) is 0 Å². The zero-order valence-corrected chi connectivity index (χ0v) is 3.37. The normalized spacial score (nSPS) is 12.7. The van der Waals surface area contributed by atoms with Crippen LogP contribution in [-0.4, -0.2) is 20.4 Å². The second-order valence-electron chi connectivity index (χ2n) is 0.838. The van der Waals surface area contributed by atoms with E-state index in [4.69, 9.17) is 20.4 Å². The van der Waals surface area contributed by atoms with Gasteiger partial charge in [0.15, 0.2) is 5.76 Å². The average Bonchev–Trinajstić information content (AvgIpc) is 1.65. The van der Waals surface area contributed by atoms with Gasteiger partial charge in [-0.25, -0.2) is 0 Å². The summed E-state index contributed by atoms with van der Waals surface area (Å²) in [6.45, 7) is 0. The van der Waals surface area contributed by atoms with Crippen molar-refractivity contribution in [2.45, 2.75) is 0 Å². The van der Waals surface area contributed by atoms with Gasteiger partial charge in [0.25, 0.3) is 6.29 Å². The first-order valence-electron chi connectivity index (χ1n) is 1.47. The van der Waals surface area contributed by atoms with Gasteiger partial charge in [-0.05, 0) is 0 Å². The molecule has 4 N–H and O–H groups in total. The lowest BCUT2D eigenvalue weighted by Gasteiger charge is -1.93. The Morgan fingerprint density at radius 1 is 1.14 bits per heavy atom. The Morgan fingerprint density at radius 3 is 1.57 bits per heavy atom. The van der Waals surface area contributed by atoms with Crippen LogP contribution in [-0.2, 0) is 0 Å². The van der Waals surface area contributed by atoms with Crippen molar-refractivity contribution < 1.29 is 20.4 Å². The number of rotatable bonds is 1. The van der Waals surface area contributed by atoms with Crippen molar-refractivity contribution in [3.63, 3.8) is 0 Å². The highest BCUT2D eigenvalue weighted by atomic mass is 16.5. The Bertz CT molecular complexity index is 75.0. The molecule has 0 amide bonds. The minimum Gasteiger partial charge on any atom is -0.512 e. The maximum absolute atomic E-state index is 8.01. The highest BCUT2D eigenvalue weighted by Gasteiger charge is 2.03. The molecule has 0 heterocycles. The summed E-state index contributed by atoms with van der Waals surface area (Å²) in [4.78, 5) is 0. The molecule has 0 fully saturated rings. The molecule has 0 atom stereocenters. The van der Waals surface area contributed by atoms with Crippen molar-refractivity contribution >= 4 is 0 Å². The lowest BCUT2D eigenvalue weighted by Crippen LogP contribution is -1.96. The van der Waals surface area contributed by atoms with Gasteiger partial charge in [0.05, 0.1) is 0 Å². The van der Waals surface area contributed by atoms with Crippen LogP contribution >= 0.6 is 0 Å². The Labute approximate surface area is 40.0 Å². The fraction of sp³-hybridized carbons (Fsp3) is 0. The van der Waals surface area contributed by atoms with Gasteiger partial charge in [0.2, 0.25) is 0 Å². The van der Waals surface area contributed by atoms with E-state index in [1.54, 1.807) is 0 Å². The second kappa shape index (κ2) is 2.44. The van der Waals surface area contributed by atoms with Gasteiger partial charge in [-0.15, -0.1) is 0 Å². The summed E-state index contributed by atoms with van der Waals surface area (Å²) < 4.78 is 0. The Kier molecular flexibility index (Phi) is 2.18. The zero-order chi connectivity index (χ0) is 5.86. The molecule has 7 heavy (non-hydrogen) atoms. The molecule has 0 aromatic rings. The fourth-order valence-corrected chi connectivity index (χ4v) is 0.0577. The number of hydrogen-bond donors (Lipinski definition) is 4. The van der Waals surface area contributed by atoms with E-state index in [-0.39, 0.29) is 6.26 Å². The number of aliphatic hydroxyl groups excluding tert-OH is 3.